The number of aliphatic hydroxyl groups excluding tert-OH is 1. The summed E-state index contributed by atoms with van der Waals surface area (Å²) in [6.07, 6.45) is 4.87. The van der Waals surface area contributed by atoms with Crippen molar-refractivity contribution in [2.75, 3.05) is 49.0 Å². The lowest BCUT2D eigenvalue weighted by molar-refractivity contribution is -0.295. The highest BCUT2D eigenvalue weighted by molar-refractivity contribution is 6.01. The van der Waals surface area contributed by atoms with Crippen LogP contribution in [-0.4, -0.2) is 248 Å². The number of hydrogen-bond donors (Lipinski definition) is 1. The zero-order chi connectivity index (χ0) is 85.8. The van der Waals surface area contributed by atoms with Crippen molar-refractivity contribution in [3.63, 3.8) is 0 Å². The fourth-order valence-corrected chi connectivity index (χ4v) is 17.1. The predicted molar refractivity (Wildman–Crippen MR) is 424 cm³/mol. The molecule has 0 aliphatic carbocycles. The number of amides is 1. The number of carbonyl (C=O) groups excluding carboxylic acids is 9. The summed E-state index contributed by atoms with van der Waals surface area (Å²) in [6, 6.07) is 9.89. The highest BCUT2D eigenvalue weighted by Gasteiger charge is 2.62. The minimum Gasteiger partial charge on any atom is -0.457 e. The summed E-state index contributed by atoms with van der Waals surface area (Å²) in [4.78, 5) is 144. The van der Waals surface area contributed by atoms with Crippen molar-refractivity contribution < 1.29 is 105 Å². The second kappa shape index (κ2) is 39.8. The number of likely N-dealkylation sites (N-methyl/N-ethyl adjacent to an activating group) is 2. The monoisotopic (exact) mass is 1620 g/mol. The van der Waals surface area contributed by atoms with Crippen LogP contribution in [-0.2, 0) is 87.4 Å². The van der Waals surface area contributed by atoms with Gasteiger partial charge in [-0.3, -0.25) is 33.7 Å². The summed E-state index contributed by atoms with van der Waals surface area (Å²) >= 11 is 0. The Bertz CT molecular complexity index is 4100. The van der Waals surface area contributed by atoms with E-state index < -0.39 is 167 Å². The smallest absolute Gasteiger partial charge is 0.420 e. The van der Waals surface area contributed by atoms with Gasteiger partial charge >= 0.3 is 30.1 Å². The van der Waals surface area contributed by atoms with Gasteiger partial charge in [-0.25, -0.2) is 33.9 Å². The van der Waals surface area contributed by atoms with Gasteiger partial charge in [0.05, 0.1) is 65.3 Å². The molecule has 8 heterocycles. The Balaban J connectivity index is 0.000000291. The molecule has 3 aromatic heterocycles. The molecule has 1 aromatic carbocycles. The Morgan fingerprint density at radius 1 is 0.698 bits per heavy atom. The molecular formula is C86H121FN8O21. The number of Topliss-reactive ketones (excluding diaryl/α,β-unsaturated/α-hetero) is 4. The number of imidazole rings is 2. The summed E-state index contributed by atoms with van der Waals surface area (Å²) < 4.78 is 85.0. The largest absolute Gasteiger partial charge is 0.457 e. The van der Waals surface area contributed by atoms with E-state index >= 15 is 0 Å². The van der Waals surface area contributed by atoms with Crippen LogP contribution >= 0.6 is 0 Å². The molecule has 4 fully saturated rings. The number of rotatable bonds is 21. The number of aryl methyl sites for hydroxylation is 1. The third-order valence-corrected chi connectivity index (χ3v) is 23.9. The summed E-state index contributed by atoms with van der Waals surface area (Å²) in [5.41, 5.74) is -4.21. The summed E-state index contributed by atoms with van der Waals surface area (Å²) in [7, 11) is 10.4. The van der Waals surface area contributed by atoms with Gasteiger partial charge in [-0.2, -0.15) is 4.39 Å². The van der Waals surface area contributed by atoms with Gasteiger partial charge in [-0.15, -0.1) is 0 Å². The molecule has 0 saturated carbocycles. The number of unbranched alkanes of at least 4 members (excludes halogenated alkanes) is 1. The Morgan fingerprint density at radius 3 is 1.79 bits per heavy atom. The average molecular weight is 1620 g/mol. The fourth-order valence-electron chi connectivity index (χ4n) is 17.1. The van der Waals surface area contributed by atoms with E-state index in [1.165, 1.54) is 82.2 Å². The first-order valence-electron chi connectivity index (χ1n) is 40.1. The van der Waals surface area contributed by atoms with E-state index in [9.17, 15) is 52.6 Å². The average Bonchev–Trinajstić information content (AvgIpc) is 1.57. The number of cyclic esters (lactones) is 2. The molecule has 9 rings (SSSR count). The van der Waals surface area contributed by atoms with Crippen molar-refractivity contribution in [1.29, 1.82) is 0 Å². The predicted octanol–water partition coefficient (Wildman–Crippen LogP) is 10.8. The molecule has 5 aliphatic rings. The normalized spacial score (nSPS) is 35.2. The number of ketones is 4. The number of halogens is 1. The maximum atomic E-state index is 14.8. The van der Waals surface area contributed by atoms with Gasteiger partial charge in [-0.05, 0) is 176 Å². The van der Waals surface area contributed by atoms with Crippen LogP contribution in [0.2, 0.25) is 0 Å². The van der Waals surface area contributed by atoms with Gasteiger partial charge in [0.15, 0.2) is 47.2 Å². The molecule has 0 bridgehead atoms. The van der Waals surface area contributed by atoms with Gasteiger partial charge in [0.2, 0.25) is 5.95 Å². The van der Waals surface area contributed by atoms with Crippen molar-refractivity contribution in [2.24, 2.45) is 41.4 Å². The van der Waals surface area contributed by atoms with Gasteiger partial charge < -0.3 is 71.6 Å². The minimum atomic E-state index is -1.80. The number of aliphatic hydroxyl groups is 1. The molecule has 2 unspecified atom stereocenters. The van der Waals surface area contributed by atoms with E-state index in [4.69, 9.17) is 52.1 Å². The van der Waals surface area contributed by atoms with Crippen LogP contribution in [0.5, 0.6) is 0 Å². The van der Waals surface area contributed by atoms with Crippen LogP contribution in [0.1, 0.15) is 159 Å². The van der Waals surface area contributed by atoms with Crippen LogP contribution in [0.3, 0.4) is 0 Å². The van der Waals surface area contributed by atoms with Gasteiger partial charge in [0, 0.05) is 93.3 Å². The molecule has 0 spiro atoms. The van der Waals surface area contributed by atoms with E-state index in [1.54, 1.807) is 112 Å². The number of benzene rings is 1. The zero-order valence-electron chi connectivity index (χ0n) is 70.8. The van der Waals surface area contributed by atoms with Crippen molar-refractivity contribution in [1.82, 2.24) is 38.8 Å². The molecule has 1 amide bonds. The van der Waals surface area contributed by atoms with Crippen LogP contribution in [0.25, 0.3) is 11.3 Å². The Kier molecular flexibility index (Phi) is 31.9. The lowest BCUT2D eigenvalue weighted by atomic mass is 9.72. The standard InChI is InChI=1S/C44H64FN5O10.C42H57N3O11/c1-12-33-44(13-2)38(50(42(55)60-44)19-15-14-18-49-23-31(47-24-49)30-16-17-34(45)46-22-30)27(5)35(51)25(3)21-43(8,56-11)39(28(6)36(52)29(7)40(54)58-33)59-41-37(53)32(48(9)10)20-26(4)57-41;1-12-32-42(13-2,56-40(50)45-20-19-43-24-45)23-26(4)33(46)25(3)22-41(8,51-11)36(28(6)34(47)29(7)37(48)53-32)55-39-35(31(44(9)10)21-27(5)52-39)54-38(49)30-17-15-14-16-18-30/h13,16-17,22-29,32-33,37-39,41,53H,2,12,14-15,18-21H2,1,3-11H3;13-20,23-25,27-29,31-32,35-36,39H,2,12,21-22H2,1,3-11H3/b;26-23+/t25-,26-,27+,28+,29-,32+,33-,37-,38-,39-,41?,43+,44-;25-,27-,28+,29-,31+,32-,35-,36-,39?,41+,42+/m11/s1. The van der Waals surface area contributed by atoms with E-state index in [-0.39, 0.29) is 73.7 Å². The maximum Gasteiger partial charge on any atom is 0.420 e. The summed E-state index contributed by atoms with van der Waals surface area (Å²) in [6.45, 7) is 32.5. The van der Waals surface area contributed by atoms with Crippen molar-refractivity contribution in [2.45, 2.75) is 257 Å². The second-order valence-corrected chi connectivity index (χ2v) is 32.7. The van der Waals surface area contributed by atoms with Crippen LogP contribution in [0.4, 0.5) is 14.0 Å². The Hall–Kier alpha value is -8.59. The highest BCUT2D eigenvalue weighted by Crippen LogP contribution is 2.46. The number of pyridine rings is 1. The highest BCUT2D eigenvalue weighted by atomic mass is 19.1. The topological polar surface area (TPSA) is 334 Å². The van der Waals surface area contributed by atoms with E-state index in [0.29, 0.717) is 49.0 Å². The van der Waals surface area contributed by atoms with Crippen molar-refractivity contribution in [3.8, 4) is 11.3 Å². The lowest BCUT2D eigenvalue weighted by Crippen LogP contribution is -2.60. The van der Waals surface area contributed by atoms with Crippen LogP contribution in [0, 0.1) is 47.4 Å². The van der Waals surface area contributed by atoms with E-state index in [1.807, 2.05) is 62.6 Å². The van der Waals surface area contributed by atoms with E-state index in [2.05, 4.69) is 28.1 Å². The molecule has 4 aromatic rings. The molecule has 638 valence electrons. The first kappa shape index (κ1) is 92.9. The molecule has 29 nitrogen and oxygen atoms in total. The van der Waals surface area contributed by atoms with Gasteiger partial charge in [-0.1, -0.05) is 79.8 Å². The first-order valence-corrected chi connectivity index (χ1v) is 40.1. The number of ether oxygens (including phenoxy) is 11. The number of hydrogen-bond acceptors (Lipinski definition) is 26. The Labute approximate surface area is 680 Å². The zero-order valence-corrected chi connectivity index (χ0v) is 70.8. The third kappa shape index (κ3) is 20.7. The second-order valence-electron chi connectivity index (χ2n) is 32.7. The molecule has 0 radical (unpaired) electrons. The van der Waals surface area contributed by atoms with Gasteiger partial charge in [0.1, 0.15) is 42.3 Å². The number of aromatic nitrogens is 5. The van der Waals surface area contributed by atoms with Crippen molar-refractivity contribution in [3.05, 3.63) is 128 Å². The summed E-state index contributed by atoms with van der Waals surface area (Å²) in [5, 5.41) is 11.5. The van der Waals surface area contributed by atoms with Crippen LogP contribution in [0.15, 0.2) is 117 Å². The lowest BCUT2D eigenvalue weighted by Gasteiger charge is -2.47. The maximum absolute atomic E-state index is 14.8. The number of nitrogens with zero attached hydrogens (tertiary/aromatic N) is 8. The summed E-state index contributed by atoms with van der Waals surface area (Å²) in [5.74, 6) is -11.3. The first-order chi connectivity index (χ1) is 54.7. The SMILES string of the molecule is C=C[C@]1(OC(=O)n2ccnc2)/C=C(\C)C(=O)[C@H](C)C[C@](C)(OC)[C@H](OC2O[C@H](C)C[C@H](N(C)C)[C@H]2OC(=O)c2ccccc2)[C@@H](C)C(=O)[C@@H](C)C(=O)O[C@@H]1CC.C=C[C@]12OC(=O)N(CCCCn3cnc(-c4ccc(F)nc4)c3)[C@@H]1[C@@H](C)C(=O)[C@H](C)C[C@](C)(OC)[C@H](OC1O[C@H](C)C[C@H](N(C)C)[C@H]1O)[C@@H](C)C(=O)[C@@H](C)C(=O)O[C@@H]2CC. The Morgan fingerprint density at radius 2 is 1.26 bits per heavy atom. The quantitative estimate of drug-likeness (QED) is 0.0202. The number of fused-ring (bicyclic) bond motifs is 1. The number of allylic oxidation sites excluding steroid dienone is 1. The number of carbonyl (C=O) groups is 9. The molecule has 1 N–H and O–H groups in total. The minimum absolute atomic E-state index is 0.0512. The fraction of sp³-hybridized carbons (Fsp3) is 0.628. The molecule has 24 atom stereocenters. The number of methoxy groups -OCH3 is 2. The molecule has 5 aliphatic heterocycles. The van der Waals surface area contributed by atoms with Crippen LogP contribution < -0.4 is 0 Å². The van der Waals surface area contributed by atoms with Gasteiger partial charge in [0.25, 0.3) is 0 Å². The molecule has 30 heteroatoms. The number of esters is 3. The van der Waals surface area contributed by atoms with Crippen molar-refractivity contribution >= 4 is 53.2 Å². The molecule has 116 heavy (non-hydrogen) atoms. The van der Waals surface area contributed by atoms with E-state index in [0.717, 1.165) is 4.57 Å². The molecular weight excluding hydrogens is 1500 g/mol. The molecule has 4 saturated heterocycles. The third-order valence-electron chi connectivity index (χ3n) is 23.9.